The summed E-state index contributed by atoms with van der Waals surface area (Å²) in [6.45, 7) is 0. The van der Waals surface area contributed by atoms with E-state index in [9.17, 15) is 10.4 Å². The van der Waals surface area contributed by atoms with E-state index in [0.29, 0.717) is 35.5 Å². The van der Waals surface area contributed by atoms with Gasteiger partial charge in [-0.3, -0.25) is 0 Å². The monoisotopic (exact) mass is 270 g/mol. The molecule has 8 atom stereocenters. The first-order chi connectivity index (χ1) is 9.85. The van der Waals surface area contributed by atoms with Crippen molar-refractivity contribution >= 4 is 11.4 Å². The van der Waals surface area contributed by atoms with Crippen LogP contribution in [0.15, 0.2) is 22.5 Å². The van der Waals surface area contributed by atoms with Crippen LogP contribution in [0.25, 0.3) is 0 Å². The molecule has 0 aliphatic heterocycles. The molecular weight excluding hydrogens is 252 g/mol. The van der Waals surface area contributed by atoms with Crippen molar-refractivity contribution in [2.45, 2.75) is 12.8 Å². The smallest absolute Gasteiger partial charge is 0.0613 e. The second-order valence-electron chi connectivity index (χ2n) is 7.82. The molecule has 5 saturated carbocycles. The van der Waals surface area contributed by atoms with E-state index in [1.165, 1.54) is 0 Å². The van der Waals surface area contributed by atoms with Crippen LogP contribution in [0.4, 0.5) is 0 Å². The summed E-state index contributed by atoms with van der Waals surface area (Å²) in [5.41, 5.74) is 2.13. The number of fused-ring (bicyclic) bond motifs is 3. The molecule has 2 N–H and O–H groups in total. The molecule has 6 aliphatic carbocycles. The quantitative estimate of drug-likeness (QED) is 0.403. The second kappa shape index (κ2) is 2.97. The summed E-state index contributed by atoms with van der Waals surface area (Å²) in [4.78, 5) is 0. The van der Waals surface area contributed by atoms with Gasteiger partial charge in [-0.2, -0.15) is 0 Å². The average Bonchev–Trinajstić information content (AvgIpc) is 3.18. The summed E-state index contributed by atoms with van der Waals surface area (Å²) in [5, 5.41) is 26.2. The van der Waals surface area contributed by atoms with Gasteiger partial charge >= 0.3 is 0 Å². The lowest BCUT2D eigenvalue weighted by Gasteiger charge is -2.21. The van der Waals surface area contributed by atoms with Crippen LogP contribution >= 0.6 is 0 Å². The van der Waals surface area contributed by atoms with Crippen LogP contribution in [0.5, 0.6) is 0 Å². The van der Waals surface area contributed by atoms with Gasteiger partial charge in [-0.25, -0.2) is 0 Å². The van der Waals surface area contributed by atoms with Gasteiger partial charge in [0.2, 0.25) is 0 Å². The Kier molecular flexibility index (Phi) is 1.55. The van der Waals surface area contributed by atoms with Gasteiger partial charge in [0.05, 0.1) is 11.4 Å². The Morgan fingerprint density at radius 2 is 1.25 bits per heavy atom. The van der Waals surface area contributed by atoms with E-state index in [1.54, 1.807) is 0 Å². The summed E-state index contributed by atoms with van der Waals surface area (Å²) in [6.07, 6.45) is 6.75. The van der Waals surface area contributed by atoms with Crippen molar-refractivity contribution in [3.8, 4) is 0 Å². The molecule has 6 rings (SSSR count). The van der Waals surface area contributed by atoms with Crippen molar-refractivity contribution in [1.29, 1.82) is 0 Å². The fraction of sp³-hybridized carbons (Fsp3) is 0.750. The predicted molar refractivity (Wildman–Crippen MR) is 71.7 cm³/mol. The highest BCUT2D eigenvalue weighted by molar-refractivity contribution is 5.94. The van der Waals surface area contributed by atoms with E-state index in [4.69, 9.17) is 0 Å². The van der Waals surface area contributed by atoms with E-state index in [1.807, 2.05) is 0 Å². The largest absolute Gasteiger partial charge is 0.411 e. The summed E-state index contributed by atoms with van der Waals surface area (Å²) in [7, 11) is 0. The fourth-order valence-electron chi connectivity index (χ4n) is 7.87. The van der Waals surface area contributed by atoms with Gasteiger partial charge in [0.15, 0.2) is 0 Å². The molecule has 0 radical (unpaired) electrons. The highest BCUT2D eigenvalue weighted by Gasteiger charge is 2.76. The Bertz CT molecular complexity index is 560. The molecule has 0 heterocycles. The van der Waals surface area contributed by atoms with Gasteiger partial charge in [-0.1, -0.05) is 22.5 Å². The van der Waals surface area contributed by atoms with E-state index in [-0.39, 0.29) is 0 Å². The fourth-order valence-corrected chi connectivity index (χ4v) is 7.87. The van der Waals surface area contributed by atoms with Gasteiger partial charge in [0.25, 0.3) is 0 Å². The second-order valence-corrected chi connectivity index (χ2v) is 7.82. The first-order valence-corrected chi connectivity index (χ1v) is 7.95. The molecule has 0 spiro atoms. The van der Waals surface area contributed by atoms with Crippen LogP contribution in [-0.2, 0) is 0 Å². The number of rotatable bonds is 0. The molecule has 6 aliphatic rings. The molecule has 0 aromatic rings. The van der Waals surface area contributed by atoms with Crippen LogP contribution in [0.1, 0.15) is 12.8 Å². The lowest BCUT2D eigenvalue weighted by atomic mass is 9.83. The number of allylic oxidation sites excluding steroid dienone is 2. The van der Waals surface area contributed by atoms with E-state index in [2.05, 4.69) is 22.5 Å². The van der Waals surface area contributed by atoms with Crippen LogP contribution < -0.4 is 0 Å². The zero-order chi connectivity index (χ0) is 13.2. The van der Waals surface area contributed by atoms with Gasteiger partial charge < -0.3 is 10.4 Å². The van der Waals surface area contributed by atoms with Crippen LogP contribution in [0.3, 0.4) is 0 Å². The molecule has 0 unspecified atom stereocenters. The maximum Gasteiger partial charge on any atom is 0.0613 e. The van der Waals surface area contributed by atoms with Crippen LogP contribution in [0, 0.1) is 59.2 Å². The predicted octanol–water partition coefficient (Wildman–Crippen LogP) is 2.23. The molecule has 0 saturated heterocycles. The zero-order valence-electron chi connectivity index (χ0n) is 11.1. The third-order valence-corrected chi connectivity index (χ3v) is 7.89. The van der Waals surface area contributed by atoms with Gasteiger partial charge in [-0.05, 0) is 60.2 Å². The Morgan fingerprint density at radius 1 is 0.750 bits per heavy atom. The minimum absolute atomic E-state index is 0.516. The summed E-state index contributed by atoms with van der Waals surface area (Å²) in [5.74, 6) is 6.63. The number of hydrogen-bond acceptors (Lipinski definition) is 4. The van der Waals surface area contributed by atoms with Crippen molar-refractivity contribution in [2.75, 3.05) is 0 Å². The Balaban J connectivity index is 1.60. The normalized spacial score (nSPS) is 67.0. The first-order valence-electron chi connectivity index (χ1n) is 7.95. The molecule has 0 aromatic heterocycles. The van der Waals surface area contributed by atoms with Gasteiger partial charge in [0.1, 0.15) is 0 Å². The molecule has 0 amide bonds. The summed E-state index contributed by atoms with van der Waals surface area (Å²) in [6, 6.07) is 0. The Morgan fingerprint density at radius 3 is 1.70 bits per heavy atom. The van der Waals surface area contributed by atoms with E-state index in [0.717, 1.165) is 47.9 Å². The van der Waals surface area contributed by atoms with Crippen molar-refractivity contribution in [3.63, 3.8) is 0 Å². The highest BCUT2D eigenvalue weighted by atomic mass is 16.4. The minimum atomic E-state index is 0.516. The number of nitrogens with zero attached hydrogens (tertiary/aromatic N) is 2. The molecule has 5 fully saturated rings. The third-order valence-electron chi connectivity index (χ3n) is 7.89. The van der Waals surface area contributed by atoms with E-state index >= 15 is 0 Å². The van der Waals surface area contributed by atoms with Crippen molar-refractivity contribution in [1.82, 2.24) is 0 Å². The van der Waals surface area contributed by atoms with Crippen molar-refractivity contribution in [2.24, 2.45) is 69.5 Å². The number of hydrogen-bond donors (Lipinski definition) is 2. The SMILES string of the molecule is O/N=C1/C[C@H]2[C@@H]3C/C(=N/O)[C@@H]4[C@@H]3C3C5[C@H](C=C[C@@H]54)[C@H]1[C@H]32. The molecular formula is C16H18N2O2. The third kappa shape index (κ3) is 0.798. The van der Waals surface area contributed by atoms with Crippen LogP contribution in [0.2, 0.25) is 0 Å². The van der Waals surface area contributed by atoms with Gasteiger partial charge in [0, 0.05) is 11.8 Å². The van der Waals surface area contributed by atoms with Crippen molar-refractivity contribution < 1.29 is 10.4 Å². The number of oxime groups is 2. The lowest BCUT2D eigenvalue weighted by Crippen LogP contribution is -2.23. The van der Waals surface area contributed by atoms with E-state index < -0.39 is 0 Å². The Labute approximate surface area is 117 Å². The maximum absolute atomic E-state index is 9.41. The molecule has 0 bridgehead atoms. The zero-order valence-corrected chi connectivity index (χ0v) is 11.1. The topological polar surface area (TPSA) is 65.2 Å². The maximum atomic E-state index is 9.41. The minimum Gasteiger partial charge on any atom is -0.411 e. The molecule has 4 nitrogen and oxygen atoms in total. The van der Waals surface area contributed by atoms with Crippen molar-refractivity contribution in [3.05, 3.63) is 12.2 Å². The standard InChI is InChI=1S/C16H18N2O2/c19-17-9-3-7-8-4-10(18-20)13-6-2-1-5-11(6)16(15(8)13)14(7)12(5)9/h1-2,5-8,11-16,19-20H,3-4H2/b17-9-,18-10-/t5-,6-,7-,8-,11?,12+,13+,14+,15+,16?/m0/s1. The molecule has 4 heteroatoms. The summed E-state index contributed by atoms with van der Waals surface area (Å²) >= 11 is 0. The molecule has 104 valence electrons. The first kappa shape index (κ1) is 10.4. The van der Waals surface area contributed by atoms with Gasteiger partial charge in [-0.15, -0.1) is 0 Å². The molecule has 20 heavy (non-hydrogen) atoms. The average molecular weight is 270 g/mol. The Hall–Kier alpha value is -1.32. The van der Waals surface area contributed by atoms with Crippen LogP contribution in [-0.4, -0.2) is 21.8 Å². The molecule has 0 aromatic carbocycles. The lowest BCUT2D eigenvalue weighted by molar-refractivity contribution is 0.304. The summed E-state index contributed by atoms with van der Waals surface area (Å²) < 4.78 is 0. The highest BCUT2D eigenvalue weighted by Crippen LogP contribution is 2.77.